The number of para-hydroxylation sites is 1. The molecule has 2 heterocycles. The van der Waals surface area contributed by atoms with E-state index >= 15 is 0 Å². The maximum atomic E-state index is 11.1. The highest BCUT2D eigenvalue weighted by molar-refractivity contribution is 14.1. The number of hydrogen-bond donors (Lipinski definition) is 0. The molecule has 0 saturated carbocycles. The van der Waals surface area contributed by atoms with Crippen LogP contribution in [0.2, 0.25) is 0 Å². The Labute approximate surface area is 183 Å². The number of anilines is 1. The average Bonchev–Trinajstić information content (AvgIpc) is 2.89. The van der Waals surface area contributed by atoms with E-state index in [4.69, 9.17) is 9.47 Å². The van der Waals surface area contributed by atoms with Crippen LogP contribution in [0.4, 0.5) is 11.4 Å². The second kappa shape index (κ2) is 7.60. The zero-order valence-corrected chi connectivity index (χ0v) is 18.6. The van der Waals surface area contributed by atoms with Gasteiger partial charge in [0.05, 0.1) is 23.6 Å². The summed E-state index contributed by atoms with van der Waals surface area (Å²) in [6.07, 6.45) is 3.98. The molecule has 0 bridgehead atoms. The van der Waals surface area contributed by atoms with E-state index in [1.807, 2.05) is 24.3 Å². The molecule has 6 nitrogen and oxygen atoms in total. The molecule has 1 unspecified atom stereocenters. The normalized spacial score (nSPS) is 21.0. The number of hydrogen-bond acceptors (Lipinski definition) is 5. The zero-order valence-electron chi connectivity index (χ0n) is 16.4. The molecular formula is C22H23IN2O4. The van der Waals surface area contributed by atoms with Gasteiger partial charge in [-0.25, -0.2) is 0 Å². The van der Waals surface area contributed by atoms with Crippen molar-refractivity contribution in [3.8, 4) is 5.75 Å². The van der Waals surface area contributed by atoms with Crippen LogP contribution in [0.1, 0.15) is 25.0 Å². The van der Waals surface area contributed by atoms with E-state index in [2.05, 4.69) is 53.5 Å². The molecule has 1 atom stereocenters. The number of halogens is 1. The largest absolute Gasteiger partial charge is 0.463 e. The lowest BCUT2D eigenvalue weighted by Crippen LogP contribution is -2.60. The lowest BCUT2D eigenvalue weighted by Gasteiger charge is -2.47. The van der Waals surface area contributed by atoms with E-state index < -0.39 is 5.72 Å². The van der Waals surface area contributed by atoms with Crippen LogP contribution in [-0.2, 0) is 10.2 Å². The number of alkyl halides is 1. The van der Waals surface area contributed by atoms with Gasteiger partial charge in [-0.3, -0.25) is 10.1 Å². The molecule has 2 aromatic carbocycles. The Morgan fingerprint density at radius 2 is 2.00 bits per heavy atom. The van der Waals surface area contributed by atoms with E-state index in [1.54, 1.807) is 12.1 Å². The summed E-state index contributed by atoms with van der Waals surface area (Å²) in [6, 6.07) is 13.1. The quantitative estimate of drug-likeness (QED) is 0.183. The monoisotopic (exact) mass is 506 g/mol. The Kier molecular flexibility index (Phi) is 5.29. The van der Waals surface area contributed by atoms with Crippen LogP contribution in [0.3, 0.4) is 0 Å². The number of nitro groups is 1. The van der Waals surface area contributed by atoms with E-state index in [0.29, 0.717) is 18.9 Å². The molecule has 0 saturated heterocycles. The molecule has 1 spiro atoms. The summed E-state index contributed by atoms with van der Waals surface area (Å²) in [5.41, 5.74) is 2.06. The molecular weight excluding hydrogens is 483 g/mol. The summed E-state index contributed by atoms with van der Waals surface area (Å²) in [4.78, 5) is 13.0. The van der Waals surface area contributed by atoms with E-state index in [-0.39, 0.29) is 16.0 Å². The van der Waals surface area contributed by atoms with Crippen LogP contribution < -0.4 is 9.64 Å². The van der Waals surface area contributed by atoms with E-state index in [1.165, 1.54) is 11.6 Å². The van der Waals surface area contributed by atoms with Crippen LogP contribution >= 0.6 is 22.6 Å². The van der Waals surface area contributed by atoms with Crippen molar-refractivity contribution in [1.29, 1.82) is 0 Å². The van der Waals surface area contributed by atoms with Crippen molar-refractivity contribution in [2.24, 2.45) is 0 Å². The molecule has 0 aromatic heterocycles. The third-order valence-electron chi connectivity index (χ3n) is 5.80. The number of non-ortho nitro benzene ring substituents is 1. The molecule has 0 fully saturated rings. The number of fused-ring (bicyclic) bond motifs is 2. The maximum absolute atomic E-state index is 11.1. The second-order valence-corrected chi connectivity index (χ2v) is 8.78. The van der Waals surface area contributed by atoms with Crippen LogP contribution in [-0.4, -0.2) is 34.8 Å². The van der Waals surface area contributed by atoms with Gasteiger partial charge in [-0.15, -0.1) is 0 Å². The van der Waals surface area contributed by atoms with Gasteiger partial charge in [0.1, 0.15) is 5.75 Å². The SMILES string of the molecule is CC1(C)c2ccccc2N(CCOCCI)C12C=Cc1cc([N+](=O)[O-])ccc1O2. The predicted octanol–water partition coefficient (Wildman–Crippen LogP) is 4.95. The van der Waals surface area contributed by atoms with E-state index in [0.717, 1.165) is 22.3 Å². The summed E-state index contributed by atoms with van der Waals surface area (Å²) in [7, 11) is 0. The highest BCUT2D eigenvalue weighted by Crippen LogP contribution is 2.54. The molecule has 0 aliphatic carbocycles. The minimum atomic E-state index is -0.729. The minimum Gasteiger partial charge on any atom is -0.463 e. The smallest absolute Gasteiger partial charge is 0.270 e. The van der Waals surface area contributed by atoms with Gasteiger partial charge in [-0.2, -0.15) is 0 Å². The summed E-state index contributed by atoms with van der Waals surface area (Å²) in [5, 5.41) is 11.1. The van der Waals surface area contributed by atoms with Crippen molar-refractivity contribution in [2.45, 2.75) is 25.0 Å². The van der Waals surface area contributed by atoms with Gasteiger partial charge in [-0.1, -0.05) is 40.8 Å². The number of nitrogens with zero attached hydrogens (tertiary/aromatic N) is 2. The van der Waals surface area contributed by atoms with Crippen LogP contribution in [0.15, 0.2) is 48.5 Å². The first-order chi connectivity index (χ1) is 13.9. The van der Waals surface area contributed by atoms with Crippen molar-refractivity contribution in [1.82, 2.24) is 0 Å². The van der Waals surface area contributed by atoms with E-state index in [9.17, 15) is 10.1 Å². The highest BCUT2D eigenvalue weighted by Gasteiger charge is 2.58. The van der Waals surface area contributed by atoms with Gasteiger partial charge in [0.15, 0.2) is 0 Å². The Hall–Kier alpha value is -2.13. The molecule has 2 aromatic rings. The van der Waals surface area contributed by atoms with Crippen molar-refractivity contribution in [3.63, 3.8) is 0 Å². The highest BCUT2D eigenvalue weighted by atomic mass is 127. The Balaban J connectivity index is 1.76. The fraction of sp³-hybridized carbons (Fsp3) is 0.364. The third-order valence-corrected chi connectivity index (χ3v) is 6.24. The molecule has 0 N–H and O–H groups in total. The summed E-state index contributed by atoms with van der Waals surface area (Å²) < 4.78 is 13.4. The lowest BCUT2D eigenvalue weighted by molar-refractivity contribution is -0.384. The molecule has 2 aliphatic heterocycles. The first kappa shape index (κ1) is 20.2. The summed E-state index contributed by atoms with van der Waals surface area (Å²) in [5.74, 6) is 0.650. The van der Waals surface area contributed by atoms with Gasteiger partial charge < -0.3 is 14.4 Å². The average molecular weight is 506 g/mol. The van der Waals surface area contributed by atoms with Gasteiger partial charge in [-0.05, 0) is 43.7 Å². The summed E-state index contributed by atoms with van der Waals surface area (Å²) >= 11 is 2.30. The number of ether oxygens (including phenoxy) is 2. The standard InChI is InChI=1S/C22H23IN2O4/c1-21(2)18-5-3-4-6-19(18)24(12-14-28-13-11-23)22(21)10-9-16-15-17(25(26)27)7-8-20(16)29-22/h3-10,15H,11-14H2,1-2H3. The fourth-order valence-electron chi connectivity index (χ4n) is 4.30. The molecule has 0 radical (unpaired) electrons. The molecule has 29 heavy (non-hydrogen) atoms. The molecule has 2 aliphatic rings. The van der Waals surface area contributed by atoms with Gasteiger partial charge in [0.25, 0.3) is 5.69 Å². The molecule has 0 amide bonds. The fourth-order valence-corrected chi connectivity index (χ4v) is 4.62. The first-order valence-electron chi connectivity index (χ1n) is 9.58. The summed E-state index contributed by atoms with van der Waals surface area (Å²) in [6.45, 7) is 6.36. The lowest BCUT2D eigenvalue weighted by atomic mass is 9.76. The van der Waals surface area contributed by atoms with Crippen LogP contribution in [0.5, 0.6) is 5.75 Å². The first-order valence-corrected chi connectivity index (χ1v) is 11.1. The molecule has 7 heteroatoms. The Morgan fingerprint density at radius 3 is 2.76 bits per heavy atom. The van der Waals surface area contributed by atoms with Gasteiger partial charge >= 0.3 is 0 Å². The minimum absolute atomic E-state index is 0.0611. The molecule has 152 valence electrons. The van der Waals surface area contributed by atoms with Crippen LogP contribution in [0.25, 0.3) is 6.08 Å². The maximum Gasteiger partial charge on any atom is 0.270 e. The Bertz CT molecular complexity index is 975. The van der Waals surface area contributed by atoms with Crippen LogP contribution in [0, 0.1) is 10.1 Å². The Morgan fingerprint density at radius 1 is 1.21 bits per heavy atom. The predicted molar refractivity (Wildman–Crippen MR) is 122 cm³/mol. The zero-order chi connectivity index (χ0) is 20.6. The van der Waals surface area contributed by atoms with Gasteiger partial charge in [0, 0.05) is 34.4 Å². The number of rotatable bonds is 6. The number of benzene rings is 2. The van der Waals surface area contributed by atoms with Crippen molar-refractivity contribution in [3.05, 3.63) is 69.8 Å². The van der Waals surface area contributed by atoms with Crippen molar-refractivity contribution < 1.29 is 14.4 Å². The van der Waals surface area contributed by atoms with Crippen molar-refractivity contribution >= 4 is 40.0 Å². The van der Waals surface area contributed by atoms with Gasteiger partial charge in [0.2, 0.25) is 5.72 Å². The third kappa shape index (κ3) is 3.20. The molecule has 4 rings (SSSR count). The topological polar surface area (TPSA) is 64.8 Å². The number of nitro benzene ring substituents is 1. The second-order valence-electron chi connectivity index (χ2n) is 7.71. The van der Waals surface area contributed by atoms with Crippen molar-refractivity contribution in [2.75, 3.05) is 29.1 Å².